The average Bonchev–Trinajstić information content (AvgIpc) is 0.761. The van der Waals surface area contributed by atoms with Crippen molar-refractivity contribution in [2.24, 2.45) is 0 Å². The zero-order valence-corrected chi connectivity index (χ0v) is 64.1. The molecule has 18 unspecified atom stereocenters. The molecule has 0 spiro atoms. The summed E-state index contributed by atoms with van der Waals surface area (Å²) >= 11 is 0. The number of aliphatic hydroxyl groups excluding tert-OH is 10. The second-order valence-corrected chi connectivity index (χ2v) is 30.9. The Morgan fingerprint density at radius 1 is 0.343 bits per heavy atom. The van der Waals surface area contributed by atoms with Crippen LogP contribution < -0.4 is 0 Å². The molecule has 24 nitrogen and oxygen atoms in total. The van der Waals surface area contributed by atoms with Crippen molar-refractivity contribution in [1.82, 2.24) is 0 Å². The molecule has 3 fully saturated rings. The lowest BCUT2D eigenvalue weighted by molar-refractivity contribution is -0.360. The number of carbonyl (C=O) groups is 3. The van der Waals surface area contributed by atoms with Crippen LogP contribution in [0, 0.1) is 0 Å². The summed E-state index contributed by atoms with van der Waals surface area (Å²) in [6.07, 6.45) is 18.5. The van der Waals surface area contributed by atoms with Crippen LogP contribution in [0.1, 0.15) is 342 Å². The molecular weight excluding hydrogens is 1340 g/mol. The van der Waals surface area contributed by atoms with Gasteiger partial charge in [-0.3, -0.25) is 23.4 Å². The van der Waals surface area contributed by atoms with Gasteiger partial charge in [0.15, 0.2) is 18.7 Å². The fraction of sp³-hybridized carbons (Fsp3) is 0.961. The number of hydrogen-bond donors (Lipinski definition) is 11. The van der Waals surface area contributed by atoms with Crippen molar-refractivity contribution < 1.29 is 117 Å². The van der Waals surface area contributed by atoms with E-state index in [2.05, 4.69) is 20.8 Å². The Balaban J connectivity index is 1.70. The number of ether oxygens (including phenoxy) is 7. The van der Waals surface area contributed by atoms with Gasteiger partial charge in [0, 0.05) is 19.3 Å². The van der Waals surface area contributed by atoms with E-state index in [1.54, 1.807) is 0 Å². The Bertz CT molecular complexity index is 2100. The van der Waals surface area contributed by atoms with E-state index in [0.29, 0.717) is 19.3 Å². The first-order valence-corrected chi connectivity index (χ1v) is 42.3. The molecule has 11 N–H and O–H groups in total. The second-order valence-electron chi connectivity index (χ2n) is 29.5. The zero-order valence-electron chi connectivity index (χ0n) is 63.2. The van der Waals surface area contributed by atoms with Crippen LogP contribution in [-0.4, -0.2) is 204 Å². The predicted molar refractivity (Wildman–Crippen MR) is 389 cm³/mol. The molecule has 25 heteroatoms. The van der Waals surface area contributed by atoms with Crippen molar-refractivity contribution in [2.45, 2.75) is 446 Å². The molecule has 2 heterocycles. The Morgan fingerprint density at radius 2 is 0.627 bits per heavy atom. The van der Waals surface area contributed by atoms with Crippen LogP contribution in [0.15, 0.2) is 0 Å². The molecule has 3 aliphatic rings. The maximum atomic E-state index is 14.4. The van der Waals surface area contributed by atoms with Gasteiger partial charge in [0.1, 0.15) is 98.7 Å². The molecule has 2 saturated heterocycles. The Kier molecular flexibility index (Phi) is 54.4. The van der Waals surface area contributed by atoms with Gasteiger partial charge in [-0.25, -0.2) is 4.57 Å². The molecule has 2 aliphatic heterocycles. The minimum Gasteiger partial charge on any atom is -0.463 e. The molecule has 1 aliphatic carbocycles. The summed E-state index contributed by atoms with van der Waals surface area (Å²) in [5.74, 6) is -1.97. The van der Waals surface area contributed by atoms with Gasteiger partial charge >= 0.3 is 25.7 Å². The zero-order chi connectivity index (χ0) is 74.6. The largest absolute Gasteiger partial charge is 0.472 e. The van der Waals surface area contributed by atoms with E-state index in [1.807, 2.05) is 0 Å². The van der Waals surface area contributed by atoms with Crippen molar-refractivity contribution in [1.29, 1.82) is 0 Å². The molecule has 102 heavy (non-hydrogen) atoms. The molecule has 1 saturated carbocycles. The fourth-order valence-electron chi connectivity index (χ4n) is 13.8. The molecule has 3 rings (SSSR count). The van der Waals surface area contributed by atoms with Gasteiger partial charge in [-0.2, -0.15) is 0 Å². The smallest absolute Gasteiger partial charge is 0.463 e. The minimum absolute atomic E-state index is 0.0325. The molecule has 0 aromatic rings. The van der Waals surface area contributed by atoms with E-state index >= 15 is 0 Å². The van der Waals surface area contributed by atoms with Crippen molar-refractivity contribution in [3.05, 3.63) is 0 Å². The van der Waals surface area contributed by atoms with Crippen LogP contribution in [0.2, 0.25) is 0 Å². The number of phosphoric ester groups is 1. The average molecular weight is 1490 g/mol. The van der Waals surface area contributed by atoms with Crippen molar-refractivity contribution in [3.8, 4) is 0 Å². The molecule has 0 aromatic heterocycles. The minimum atomic E-state index is -5.70. The summed E-state index contributed by atoms with van der Waals surface area (Å²) in [4.78, 5) is 51.2. The third-order valence-electron chi connectivity index (χ3n) is 20.4. The lowest BCUT2D eigenvalue weighted by Crippen LogP contribution is -2.69. The summed E-state index contributed by atoms with van der Waals surface area (Å²) in [7, 11) is -5.70. The molecular formula is C77H145O24P. The predicted octanol–water partition coefficient (Wildman–Crippen LogP) is 12.5. The van der Waals surface area contributed by atoms with E-state index in [0.717, 1.165) is 89.9 Å². The fourth-order valence-corrected chi connectivity index (χ4v) is 14.7. The maximum Gasteiger partial charge on any atom is 0.472 e. The van der Waals surface area contributed by atoms with Crippen LogP contribution in [0.25, 0.3) is 0 Å². The molecule has 0 radical (unpaired) electrons. The van der Waals surface area contributed by atoms with E-state index in [-0.39, 0.29) is 19.3 Å². The topological polar surface area (TPSA) is 374 Å². The number of carbonyl (C=O) groups excluding carboxylic acids is 3. The summed E-state index contributed by atoms with van der Waals surface area (Å²) in [6.45, 7) is 3.52. The van der Waals surface area contributed by atoms with Gasteiger partial charge in [-0.1, -0.05) is 303 Å². The Hall–Kier alpha value is -2.04. The van der Waals surface area contributed by atoms with Crippen LogP contribution >= 0.6 is 7.82 Å². The van der Waals surface area contributed by atoms with Gasteiger partial charge in [0.25, 0.3) is 0 Å². The van der Waals surface area contributed by atoms with E-state index in [1.165, 1.54) is 193 Å². The summed E-state index contributed by atoms with van der Waals surface area (Å²) in [6, 6.07) is 0. The SMILES string of the molecule is CCCCCCCCCCCCCCCCCCC(=O)OCC(COP(=O)(O)OC1C(OC2OC(CO)C(O)C(O)C2O)C(O)C(O)C(O)C1OC1OC(COC(=O)CCCCCCCCCCCCCCCCC)C(O)C(O)C1O)OC(=O)CCCCCCCCCCCCCCCCCC. The first-order chi connectivity index (χ1) is 49.3. The number of esters is 3. The van der Waals surface area contributed by atoms with E-state index in [4.69, 9.17) is 42.2 Å². The van der Waals surface area contributed by atoms with Crippen LogP contribution in [0.4, 0.5) is 0 Å². The lowest BCUT2D eigenvalue weighted by atomic mass is 9.84. The van der Waals surface area contributed by atoms with Gasteiger partial charge in [0.05, 0.1) is 13.2 Å². The van der Waals surface area contributed by atoms with E-state index in [9.17, 15) is 74.9 Å². The number of unbranched alkanes of at least 4 members (excludes halogenated alkanes) is 44. The Morgan fingerprint density at radius 3 is 0.961 bits per heavy atom. The number of rotatable bonds is 65. The maximum absolute atomic E-state index is 14.4. The highest BCUT2D eigenvalue weighted by atomic mass is 31.2. The monoisotopic (exact) mass is 1480 g/mol. The molecule has 0 bridgehead atoms. The van der Waals surface area contributed by atoms with Gasteiger partial charge in [-0.05, 0) is 19.3 Å². The van der Waals surface area contributed by atoms with Crippen molar-refractivity contribution in [3.63, 3.8) is 0 Å². The standard InChI is InChI=1S/C77H145O24P/c1-4-7-10-13-16-19-22-25-28-31-34-36-39-42-45-48-51-61(79)93-55-58(96-63(81)53-50-47-44-41-38-35-32-29-26-23-20-17-14-11-8-5-2)56-95-102(91,92)101-75-73(99-76-71(89)66(84)64(82)59(54-78)97-76)69(87)68(86)70(88)74(75)100-77-72(90)67(85)65(83)60(98-77)57-94-62(80)52-49-46-43-40-37-33-30-27-24-21-18-15-12-9-6-3/h58-60,64-78,82-90H,4-57H2,1-3H3,(H,91,92). The van der Waals surface area contributed by atoms with Gasteiger partial charge in [-0.15, -0.1) is 0 Å². The highest BCUT2D eigenvalue weighted by molar-refractivity contribution is 7.47. The lowest BCUT2D eigenvalue weighted by Gasteiger charge is -2.49. The normalized spacial score (nSPS) is 27.0. The second kappa shape index (κ2) is 58.9. The first-order valence-electron chi connectivity index (χ1n) is 40.8. The quantitative estimate of drug-likeness (QED) is 0.0117. The highest BCUT2D eigenvalue weighted by Gasteiger charge is 2.58. The van der Waals surface area contributed by atoms with Crippen molar-refractivity contribution >= 4 is 25.7 Å². The Labute approximate surface area is 612 Å². The molecule has 602 valence electrons. The molecule has 18 atom stereocenters. The summed E-state index contributed by atoms with van der Waals surface area (Å²) < 4.78 is 65.2. The third-order valence-corrected chi connectivity index (χ3v) is 21.4. The van der Waals surface area contributed by atoms with Crippen molar-refractivity contribution in [2.75, 3.05) is 26.4 Å². The van der Waals surface area contributed by atoms with Gasteiger partial charge < -0.3 is 89.1 Å². The number of hydrogen-bond acceptors (Lipinski definition) is 23. The first kappa shape index (κ1) is 94.2. The number of phosphoric acid groups is 1. The van der Waals surface area contributed by atoms with Crippen LogP contribution in [0.3, 0.4) is 0 Å². The van der Waals surface area contributed by atoms with Crippen LogP contribution in [-0.2, 0) is 61.2 Å². The third kappa shape index (κ3) is 41.0. The van der Waals surface area contributed by atoms with Gasteiger partial charge in [0.2, 0.25) is 0 Å². The molecule has 0 amide bonds. The number of aliphatic hydroxyl groups is 10. The summed E-state index contributed by atoms with van der Waals surface area (Å²) in [5.41, 5.74) is 0. The summed E-state index contributed by atoms with van der Waals surface area (Å²) in [5, 5.41) is 110. The molecule has 0 aromatic carbocycles. The van der Waals surface area contributed by atoms with E-state index < -0.39 is 156 Å². The highest BCUT2D eigenvalue weighted by Crippen LogP contribution is 2.49. The van der Waals surface area contributed by atoms with Crippen LogP contribution in [0.5, 0.6) is 0 Å².